The van der Waals surface area contributed by atoms with E-state index < -0.39 is 4.92 Å². The Morgan fingerprint density at radius 2 is 1.47 bits per heavy atom. The van der Waals surface area contributed by atoms with Crippen LogP contribution in [0.2, 0.25) is 0 Å². The van der Waals surface area contributed by atoms with E-state index in [1.807, 2.05) is 18.1 Å². The largest absolute Gasteiger partial charge is 0.507 e. The topological polar surface area (TPSA) is 86.9 Å². The molecule has 0 bridgehead atoms. The third-order valence-corrected chi connectivity index (χ3v) is 6.45. The van der Waals surface area contributed by atoms with E-state index in [4.69, 9.17) is 0 Å². The van der Waals surface area contributed by atoms with Gasteiger partial charge in [0.2, 0.25) is 0 Å². The summed E-state index contributed by atoms with van der Waals surface area (Å²) in [5, 5.41) is 22.0. The van der Waals surface area contributed by atoms with Crippen LogP contribution in [-0.4, -0.2) is 47.1 Å². The molecule has 1 heterocycles. The zero-order valence-corrected chi connectivity index (χ0v) is 21.0. The molecule has 0 aromatic heterocycles. The highest BCUT2D eigenvalue weighted by Crippen LogP contribution is 2.42. The number of nitrogens with zero attached hydrogens (tertiary/aromatic N) is 3. The zero-order chi connectivity index (χ0) is 25.3. The minimum Gasteiger partial charge on any atom is -0.507 e. The highest BCUT2D eigenvalue weighted by atomic mass is 16.6. The van der Waals surface area contributed by atoms with Gasteiger partial charge in [-0.2, -0.15) is 0 Å². The molecular formula is C27H35N3O4. The summed E-state index contributed by atoms with van der Waals surface area (Å²) in [7, 11) is 0. The Balaban J connectivity index is 1.90. The van der Waals surface area contributed by atoms with Crippen molar-refractivity contribution in [2.75, 3.05) is 31.1 Å². The number of benzene rings is 2. The molecule has 0 aliphatic carbocycles. The molecule has 0 saturated carbocycles. The maximum atomic E-state index is 11.5. The monoisotopic (exact) mass is 465 g/mol. The number of phenols is 1. The van der Waals surface area contributed by atoms with E-state index in [2.05, 4.69) is 51.3 Å². The third-order valence-electron chi connectivity index (χ3n) is 6.45. The van der Waals surface area contributed by atoms with Crippen molar-refractivity contribution in [3.63, 3.8) is 0 Å². The van der Waals surface area contributed by atoms with E-state index in [-0.39, 0.29) is 22.6 Å². The first-order valence-electron chi connectivity index (χ1n) is 11.6. The summed E-state index contributed by atoms with van der Waals surface area (Å²) in [6.45, 7) is 15.4. The molecule has 2 aromatic rings. The second-order valence-electron chi connectivity index (χ2n) is 11.0. The van der Waals surface area contributed by atoms with Gasteiger partial charge in [-0.1, -0.05) is 41.5 Å². The van der Waals surface area contributed by atoms with Crippen molar-refractivity contribution < 1.29 is 14.8 Å². The number of hydrogen-bond acceptors (Lipinski definition) is 6. The number of anilines is 1. The van der Waals surface area contributed by atoms with Crippen molar-refractivity contribution in [2.45, 2.75) is 58.4 Å². The average Bonchev–Trinajstić information content (AvgIpc) is 2.76. The lowest BCUT2D eigenvalue weighted by Gasteiger charge is -2.40. The molecule has 7 heteroatoms. The number of carbonyl (C=O) groups excluding carboxylic acids is 1. The smallest absolute Gasteiger partial charge is 0.269 e. The van der Waals surface area contributed by atoms with Gasteiger partial charge in [0, 0.05) is 50.1 Å². The molecule has 34 heavy (non-hydrogen) atoms. The van der Waals surface area contributed by atoms with Crippen molar-refractivity contribution >= 4 is 17.3 Å². The van der Waals surface area contributed by atoms with Crippen LogP contribution in [0.25, 0.3) is 0 Å². The molecule has 1 N–H and O–H groups in total. The molecule has 0 radical (unpaired) electrons. The normalized spacial score (nSPS) is 16.1. The van der Waals surface area contributed by atoms with Crippen molar-refractivity contribution in [3.8, 4) is 5.75 Å². The SMILES string of the molecule is CC(C)(C)c1cc(C(C=C=O)N2CCN(c3ccc([N+](=O)[O-])cc3)CC2)cc(C(C)(C)C)c1O. The van der Waals surface area contributed by atoms with Gasteiger partial charge in [-0.3, -0.25) is 15.0 Å². The van der Waals surface area contributed by atoms with Gasteiger partial charge in [-0.25, -0.2) is 4.79 Å². The number of rotatable bonds is 5. The molecule has 3 rings (SSSR count). The molecule has 1 aliphatic heterocycles. The van der Waals surface area contributed by atoms with Crippen LogP contribution in [0, 0.1) is 10.1 Å². The van der Waals surface area contributed by atoms with Crippen molar-refractivity contribution in [1.29, 1.82) is 0 Å². The van der Waals surface area contributed by atoms with Crippen LogP contribution in [0.5, 0.6) is 5.75 Å². The number of nitro groups is 1. The molecule has 0 amide bonds. The van der Waals surface area contributed by atoms with E-state index in [1.54, 1.807) is 18.2 Å². The molecule has 7 nitrogen and oxygen atoms in total. The summed E-state index contributed by atoms with van der Waals surface area (Å²) >= 11 is 0. The van der Waals surface area contributed by atoms with Crippen LogP contribution in [-0.2, 0) is 15.6 Å². The molecule has 2 aromatic carbocycles. The summed E-state index contributed by atoms with van der Waals surface area (Å²) < 4.78 is 0. The van der Waals surface area contributed by atoms with Gasteiger partial charge in [0.05, 0.1) is 11.0 Å². The van der Waals surface area contributed by atoms with E-state index in [0.29, 0.717) is 5.75 Å². The van der Waals surface area contributed by atoms with E-state index in [9.17, 15) is 20.0 Å². The molecular weight excluding hydrogens is 430 g/mol. The van der Waals surface area contributed by atoms with E-state index in [0.717, 1.165) is 48.6 Å². The van der Waals surface area contributed by atoms with Crippen molar-refractivity contribution in [1.82, 2.24) is 4.90 Å². The van der Waals surface area contributed by atoms with Gasteiger partial charge < -0.3 is 10.0 Å². The first kappa shape index (κ1) is 25.5. The first-order chi connectivity index (χ1) is 15.8. The highest BCUT2D eigenvalue weighted by molar-refractivity contribution is 5.55. The van der Waals surface area contributed by atoms with Gasteiger partial charge in [-0.05, 0) is 51.8 Å². The summed E-state index contributed by atoms with van der Waals surface area (Å²) in [5.74, 6) is 2.32. The number of aromatic hydroxyl groups is 1. The van der Waals surface area contributed by atoms with Crippen molar-refractivity contribution in [3.05, 3.63) is 69.3 Å². The lowest BCUT2D eigenvalue weighted by atomic mass is 9.77. The summed E-state index contributed by atoms with van der Waals surface area (Å²) in [6, 6.07) is 10.4. The molecule has 1 aliphatic rings. The Morgan fingerprint density at radius 3 is 1.88 bits per heavy atom. The Kier molecular flexibility index (Phi) is 7.20. The summed E-state index contributed by atoms with van der Waals surface area (Å²) in [5.41, 5.74) is 3.21. The van der Waals surface area contributed by atoms with Crippen LogP contribution in [0.1, 0.15) is 64.3 Å². The Hall–Kier alpha value is -3.15. The number of piperazine rings is 1. The third kappa shape index (κ3) is 5.49. The minimum absolute atomic E-state index is 0.0789. The minimum atomic E-state index is -0.395. The second-order valence-corrected chi connectivity index (χ2v) is 11.0. The van der Waals surface area contributed by atoms with Gasteiger partial charge >= 0.3 is 0 Å². The number of phenolic OH excluding ortho intramolecular Hbond substituents is 1. The van der Waals surface area contributed by atoms with Gasteiger partial charge in [0.25, 0.3) is 5.69 Å². The standard InChI is InChI=1S/C27H35N3O4/c1-26(2,3)22-17-19(18-23(25(22)32)27(4,5)6)24(11-16-31)29-14-12-28(13-15-29)20-7-9-21(10-8-20)30(33)34/h7-11,17-18,24,32H,12-15H2,1-6H3. The maximum Gasteiger partial charge on any atom is 0.269 e. The van der Waals surface area contributed by atoms with Crippen LogP contribution in [0.4, 0.5) is 11.4 Å². The Morgan fingerprint density at radius 1 is 0.971 bits per heavy atom. The number of hydrogen-bond donors (Lipinski definition) is 1. The maximum absolute atomic E-state index is 11.5. The zero-order valence-electron chi connectivity index (χ0n) is 21.0. The fraction of sp³-hybridized carbons (Fsp3) is 0.481. The lowest BCUT2D eigenvalue weighted by molar-refractivity contribution is -0.384. The number of non-ortho nitro benzene ring substituents is 1. The van der Waals surface area contributed by atoms with Crippen LogP contribution in [0.15, 0.2) is 42.5 Å². The first-order valence-corrected chi connectivity index (χ1v) is 11.6. The van der Waals surface area contributed by atoms with Crippen LogP contribution >= 0.6 is 0 Å². The molecule has 1 fully saturated rings. The Labute approximate surface area is 201 Å². The highest BCUT2D eigenvalue weighted by Gasteiger charge is 2.30. The number of nitro benzene ring substituents is 1. The Bertz CT molecular complexity index is 1050. The molecule has 1 unspecified atom stereocenters. The summed E-state index contributed by atoms with van der Waals surface area (Å²) in [6.07, 6.45) is 1.56. The molecule has 0 spiro atoms. The molecule has 1 atom stereocenters. The van der Waals surface area contributed by atoms with E-state index >= 15 is 0 Å². The van der Waals surface area contributed by atoms with Crippen LogP contribution < -0.4 is 4.90 Å². The molecule has 1 saturated heterocycles. The quantitative estimate of drug-likeness (QED) is 0.373. The fourth-order valence-electron chi connectivity index (χ4n) is 4.49. The fourth-order valence-corrected chi connectivity index (χ4v) is 4.49. The van der Waals surface area contributed by atoms with Crippen LogP contribution in [0.3, 0.4) is 0 Å². The average molecular weight is 466 g/mol. The predicted octanol–water partition coefficient (Wildman–Crippen LogP) is 5.15. The van der Waals surface area contributed by atoms with Gasteiger partial charge in [0.1, 0.15) is 11.7 Å². The van der Waals surface area contributed by atoms with Gasteiger partial charge in [0.15, 0.2) is 0 Å². The lowest BCUT2D eigenvalue weighted by Crippen LogP contribution is -2.47. The van der Waals surface area contributed by atoms with Gasteiger partial charge in [-0.15, -0.1) is 0 Å². The molecule has 182 valence electrons. The van der Waals surface area contributed by atoms with Crippen molar-refractivity contribution in [2.24, 2.45) is 0 Å². The van der Waals surface area contributed by atoms with E-state index in [1.165, 1.54) is 12.1 Å². The predicted molar refractivity (Wildman–Crippen MR) is 135 cm³/mol. The summed E-state index contributed by atoms with van der Waals surface area (Å²) in [4.78, 5) is 26.5. The second kappa shape index (κ2) is 9.61.